The Morgan fingerprint density at radius 1 is 1.37 bits per heavy atom. The highest BCUT2D eigenvalue weighted by Gasteiger charge is 2.13. The van der Waals surface area contributed by atoms with Gasteiger partial charge in [0.05, 0.1) is 5.92 Å². The van der Waals surface area contributed by atoms with Gasteiger partial charge in [-0.15, -0.1) is 0 Å². The van der Waals surface area contributed by atoms with E-state index in [1.807, 2.05) is 36.0 Å². The van der Waals surface area contributed by atoms with Gasteiger partial charge >= 0.3 is 5.97 Å². The molecule has 0 aliphatic carbocycles. The number of hydrogen-bond acceptors (Lipinski definition) is 3. The van der Waals surface area contributed by atoms with Crippen LogP contribution in [0, 0.1) is 0 Å². The maximum absolute atomic E-state index is 10.9. The molecule has 4 heteroatoms. The molecule has 1 rings (SSSR count). The number of aliphatic carboxylic acids is 1. The first-order valence-electron chi connectivity index (χ1n) is 6.62. The van der Waals surface area contributed by atoms with Gasteiger partial charge in [0.15, 0.2) is 0 Å². The minimum atomic E-state index is -0.781. The van der Waals surface area contributed by atoms with Crippen LogP contribution in [0.4, 0.5) is 0 Å². The second-order valence-corrected chi connectivity index (χ2v) is 5.65. The quantitative estimate of drug-likeness (QED) is 0.768. The number of rotatable bonds is 8. The van der Waals surface area contributed by atoms with Crippen molar-refractivity contribution < 1.29 is 9.90 Å². The third-order valence-corrected chi connectivity index (χ3v) is 4.04. The first-order chi connectivity index (χ1) is 9.08. The Morgan fingerprint density at radius 3 is 2.47 bits per heavy atom. The Kier molecular flexibility index (Phi) is 6.95. The molecule has 0 saturated carbocycles. The van der Waals surface area contributed by atoms with Gasteiger partial charge in [-0.1, -0.05) is 31.2 Å². The smallest absolute Gasteiger partial charge is 0.310 e. The molecular weight excluding hydrogens is 258 g/mol. The van der Waals surface area contributed by atoms with E-state index in [4.69, 9.17) is 5.11 Å². The molecule has 1 aromatic carbocycles. The number of carboxylic acid groups (broad SMARTS) is 1. The lowest BCUT2D eigenvalue weighted by molar-refractivity contribution is -0.138. The van der Waals surface area contributed by atoms with Crippen LogP contribution in [0.3, 0.4) is 0 Å². The zero-order chi connectivity index (χ0) is 14.3. The van der Waals surface area contributed by atoms with E-state index >= 15 is 0 Å². The van der Waals surface area contributed by atoms with Crippen LogP contribution < -0.4 is 5.32 Å². The van der Waals surface area contributed by atoms with Gasteiger partial charge in [-0.25, -0.2) is 0 Å². The van der Waals surface area contributed by atoms with Crippen LogP contribution >= 0.6 is 11.8 Å². The zero-order valence-electron chi connectivity index (χ0n) is 11.8. The van der Waals surface area contributed by atoms with Crippen molar-refractivity contribution in [1.82, 2.24) is 5.32 Å². The van der Waals surface area contributed by atoms with Crippen molar-refractivity contribution in [1.29, 1.82) is 0 Å². The second kappa shape index (κ2) is 8.23. The molecule has 2 atom stereocenters. The summed E-state index contributed by atoms with van der Waals surface area (Å²) < 4.78 is 0. The average Bonchev–Trinajstić information content (AvgIpc) is 2.43. The van der Waals surface area contributed by atoms with Crippen LogP contribution in [0.2, 0.25) is 0 Å². The number of thioether (sulfide) groups is 1. The van der Waals surface area contributed by atoms with Crippen molar-refractivity contribution in [2.45, 2.75) is 38.8 Å². The minimum absolute atomic E-state index is 0.443. The van der Waals surface area contributed by atoms with Crippen LogP contribution in [0.1, 0.15) is 37.3 Å². The summed E-state index contributed by atoms with van der Waals surface area (Å²) in [5, 5.41) is 12.5. The summed E-state index contributed by atoms with van der Waals surface area (Å²) in [7, 11) is 0. The molecule has 0 saturated heterocycles. The number of nitrogens with one attached hydrogen (secondary N) is 1. The molecule has 2 unspecified atom stereocenters. The van der Waals surface area contributed by atoms with Gasteiger partial charge in [0, 0.05) is 18.3 Å². The van der Waals surface area contributed by atoms with E-state index < -0.39 is 11.9 Å². The molecule has 0 aromatic heterocycles. The van der Waals surface area contributed by atoms with E-state index in [2.05, 4.69) is 18.5 Å². The first-order valence-corrected chi connectivity index (χ1v) is 8.01. The molecule has 0 heterocycles. The molecule has 1 aromatic rings. The molecule has 106 valence electrons. The molecule has 0 bridgehead atoms. The summed E-state index contributed by atoms with van der Waals surface area (Å²) in [6, 6.07) is 8.37. The highest BCUT2D eigenvalue weighted by Crippen LogP contribution is 2.16. The zero-order valence-corrected chi connectivity index (χ0v) is 12.7. The SMILES string of the molecule is CCC(CSC)NCc1ccc(C(C)C(=O)O)cc1. The lowest BCUT2D eigenvalue weighted by Crippen LogP contribution is -2.30. The van der Waals surface area contributed by atoms with Crippen molar-refractivity contribution in [3.63, 3.8) is 0 Å². The van der Waals surface area contributed by atoms with E-state index in [0.717, 1.165) is 24.3 Å². The van der Waals surface area contributed by atoms with Crippen LogP contribution in [0.5, 0.6) is 0 Å². The van der Waals surface area contributed by atoms with Crippen molar-refractivity contribution >= 4 is 17.7 Å². The largest absolute Gasteiger partial charge is 0.481 e. The summed E-state index contributed by atoms with van der Waals surface area (Å²) in [4.78, 5) is 10.9. The van der Waals surface area contributed by atoms with Gasteiger partial charge in [-0.3, -0.25) is 4.79 Å². The summed E-state index contributed by atoms with van der Waals surface area (Å²) >= 11 is 1.85. The van der Waals surface area contributed by atoms with Crippen LogP contribution in [-0.2, 0) is 11.3 Å². The normalized spacial score (nSPS) is 14.1. The van der Waals surface area contributed by atoms with Crippen molar-refractivity contribution in [3.8, 4) is 0 Å². The van der Waals surface area contributed by atoms with Gasteiger partial charge < -0.3 is 10.4 Å². The summed E-state index contributed by atoms with van der Waals surface area (Å²) in [6.45, 7) is 4.73. The van der Waals surface area contributed by atoms with E-state index in [0.29, 0.717) is 6.04 Å². The van der Waals surface area contributed by atoms with E-state index in [-0.39, 0.29) is 0 Å². The lowest BCUT2D eigenvalue weighted by atomic mass is 10.00. The molecule has 0 spiro atoms. The molecule has 2 N–H and O–H groups in total. The third kappa shape index (κ3) is 5.25. The maximum Gasteiger partial charge on any atom is 0.310 e. The molecule has 3 nitrogen and oxygen atoms in total. The Labute approximate surface area is 119 Å². The van der Waals surface area contributed by atoms with Crippen molar-refractivity contribution in [2.24, 2.45) is 0 Å². The highest BCUT2D eigenvalue weighted by molar-refractivity contribution is 7.98. The predicted molar refractivity (Wildman–Crippen MR) is 81.8 cm³/mol. The molecule has 0 fully saturated rings. The highest BCUT2D eigenvalue weighted by atomic mass is 32.2. The molecule has 0 aliphatic rings. The third-order valence-electron chi connectivity index (χ3n) is 3.31. The van der Waals surface area contributed by atoms with E-state index in [1.165, 1.54) is 5.56 Å². The van der Waals surface area contributed by atoms with Crippen molar-refractivity contribution in [3.05, 3.63) is 35.4 Å². The van der Waals surface area contributed by atoms with Crippen LogP contribution in [0.25, 0.3) is 0 Å². The predicted octanol–water partition coefficient (Wildman–Crippen LogP) is 3.11. The van der Waals surface area contributed by atoms with Crippen molar-refractivity contribution in [2.75, 3.05) is 12.0 Å². The lowest BCUT2D eigenvalue weighted by Gasteiger charge is -2.16. The molecular formula is C15H23NO2S. The van der Waals surface area contributed by atoms with E-state index in [9.17, 15) is 4.79 Å². The topological polar surface area (TPSA) is 49.3 Å². The summed E-state index contributed by atoms with van der Waals surface area (Å²) in [5.74, 6) is -0.108. The van der Waals surface area contributed by atoms with E-state index in [1.54, 1.807) is 6.92 Å². The molecule has 0 radical (unpaired) electrons. The van der Waals surface area contributed by atoms with Gasteiger partial charge in [0.25, 0.3) is 0 Å². The monoisotopic (exact) mass is 281 g/mol. The Morgan fingerprint density at radius 2 is 2.00 bits per heavy atom. The molecule has 19 heavy (non-hydrogen) atoms. The Balaban J connectivity index is 2.54. The van der Waals surface area contributed by atoms with Crippen LogP contribution in [-0.4, -0.2) is 29.1 Å². The number of hydrogen-bond donors (Lipinski definition) is 2. The number of carbonyl (C=O) groups is 1. The Bertz CT molecular complexity index is 392. The fourth-order valence-corrected chi connectivity index (χ4v) is 2.61. The van der Waals surface area contributed by atoms with Gasteiger partial charge in [-0.05, 0) is 30.7 Å². The fraction of sp³-hybridized carbons (Fsp3) is 0.533. The minimum Gasteiger partial charge on any atom is -0.481 e. The fourth-order valence-electron chi connectivity index (χ4n) is 1.85. The first kappa shape index (κ1) is 16.1. The van der Waals surface area contributed by atoms with Gasteiger partial charge in [0.2, 0.25) is 0 Å². The molecule has 0 amide bonds. The Hall–Kier alpha value is -1.00. The van der Waals surface area contributed by atoms with Crippen LogP contribution in [0.15, 0.2) is 24.3 Å². The number of carboxylic acids is 1. The average molecular weight is 281 g/mol. The second-order valence-electron chi connectivity index (χ2n) is 4.74. The van der Waals surface area contributed by atoms with Gasteiger partial charge in [0.1, 0.15) is 0 Å². The molecule has 0 aliphatic heterocycles. The number of benzene rings is 1. The summed E-state index contributed by atoms with van der Waals surface area (Å²) in [5.41, 5.74) is 2.05. The van der Waals surface area contributed by atoms with Gasteiger partial charge in [-0.2, -0.15) is 11.8 Å². The standard InChI is InChI=1S/C15H23NO2S/c1-4-14(10-19-3)16-9-12-5-7-13(8-6-12)11(2)15(17)18/h5-8,11,14,16H,4,9-10H2,1-3H3,(H,17,18). The maximum atomic E-state index is 10.9. The summed E-state index contributed by atoms with van der Waals surface area (Å²) in [6.07, 6.45) is 3.24.